The first-order valence-electron chi connectivity index (χ1n) is 5.84. The molecular weight excluding hydrogens is 224 g/mol. The quantitative estimate of drug-likeness (QED) is 0.777. The molecule has 0 bridgehead atoms. The van der Waals surface area contributed by atoms with Crippen molar-refractivity contribution in [2.75, 3.05) is 6.54 Å². The smallest absolute Gasteiger partial charge is 0.258 e. The van der Waals surface area contributed by atoms with Crippen molar-refractivity contribution in [3.8, 4) is 0 Å². The van der Waals surface area contributed by atoms with Crippen LogP contribution in [0.15, 0.2) is 30.3 Å². The first-order chi connectivity index (χ1) is 8.20. The van der Waals surface area contributed by atoms with Gasteiger partial charge in [-0.15, -0.1) is 0 Å². The van der Waals surface area contributed by atoms with Crippen LogP contribution in [0.25, 0.3) is 0 Å². The van der Waals surface area contributed by atoms with Crippen LogP contribution in [-0.2, 0) is 0 Å². The normalized spacial score (nSPS) is 20.6. The van der Waals surface area contributed by atoms with E-state index in [2.05, 4.69) is 0 Å². The van der Waals surface area contributed by atoms with Gasteiger partial charge in [0.05, 0.1) is 6.04 Å². The number of amides is 1. The van der Waals surface area contributed by atoms with Gasteiger partial charge in [0.15, 0.2) is 0 Å². The first kappa shape index (κ1) is 12.0. The molecule has 1 amide bonds. The molecule has 1 fully saturated rings. The maximum atomic E-state index is 12.9. The number of carbonyl (C=O) groups is 1. The second kappa shape index (κ2) is 5.25. The summed E-state index contributed by atoms with van der Waals surface area (Å²) in [6.45, 7) is 0.433. The fourth-order valence-electron chi connectivity index (χ4n) is 2.22. The SMILES string of the molecule is O=C(c1ccccc1)N1CCCCC1C(F)F. The van der Waals surface area contributed by atoms with Crippen molar-refractivity contribution >= 4 is 5.91 Å². The van der Waals surface area contributed by atoms with Crippen molar-refractivity contribution in [3.05, 3.63) is 35.9 Å². The van der Waals surface area contributed by atoms with Crippen LogP contribution < -0.4 is 0 Å². The van der Waals surface area contributed by atoms with E-state index in [0.29, 0.717) is 18.5 Å². The van der Waals surface area contributed by atoms with Gasteiger partial charge >= 0.3 is 0 Å². The largest absolute Gasteiger partial charge is 0.330 e. The van der Waals surface area contributed by atoms with E-state index in [1.54, 1.807) is 30.3 Å². The number of rotatable bonds is 2. The van der Waals surface area contributed by atoms with Crippen LogP contribution in [0.3, 0.4) is 0 Å². The van der Waals surface area contributed by atoms with Crippen LogP contribution in [0.2, 0.25) is 0 Å². The van der Waals surface area contributed by atoms with Crippen LogP contribution in [0.4, 0.5) is 8.78 Å². The third kappa shape index (κ3) is 2.62. The molecule has 2 nitrogen and oxygen atoms in total. The Hall–Kier alpha value is -1.45. The van der Waals surface area contributed by atoms with Crippen molar-refractivity contribution < 1.29 is 13.6 Å². The van der Waals surface area contributed by atoms with E-state index in [4.69, 9.17) is 0 Å². The second-order valence-electron chi connectivity index (χ2n) is 4.26. The van der Waals surface area contributed by atoms with Crippen molar-refractivity contribution in [2.45, 2.75) is 31.7 Å². The second-order valence-corrected chi connectivity index (χ2v) is 4.26. The summed E-state index contributed by atoms with van der Waals surface area (Å²) in [5, 5.41) is 0. The van der Waals surface area contributed by atoms with Gasteiger partial charge in [-0.05, 0) is 31.4 Å². The molecule has 1 atom stereocenters. The fraction of sp³-hybridized carbons (Fsp3) is 0.462. The Morgan fingerprint density at radius 3 is 2.59 bits per heavy atom. The molecule has 0 spiro atoms. The van der Waals surface area contributed by atoms with E-state index in [1.165, 1.54) is 4.90 Å². The lowest BCUT2D eigenvalue weighted by atomic mass is 10.0. The molecule has 0 N–H and O–H groups in total. The summed E-state index contributed by atoms with van der Waals surface area (Å²) in [4.78, 5) is 13.4. The lowest BCUT2D eigenvalue weighted by Crippen LogP contribution is -2.47. The van der Waals surface area contributed by atoms with E-state index < -0.39 is 12.5 Å². The van der Waals surface area contributed by atoms with Crippen LogP contribution in [0.5, 0.6) is 0 Å². The number of alkyl halides is 2. The highest BCUT2D eigenvalue weighted by Gasteiger charge is 2.33. The first-order valence-corrected chi connectivity index (χ1v) is 5.84. The minimum atomic E-state index is -2.46. The molecule has 0 aliphatic carbocycles. The van der Waals surface area contributed by atoms with E-state index >= 15 is 0 Å². The molecule has 17 heavy (non-hydrogen) atoms. The van der Waals surface area contributed by atoms with Gasteiger partial charge in [-0.25, -0.2) is 8.78 Å². The molecule has 92 valence electrons. The van der Waals surface area contributed by atoms with Crippen LogP contribution >= 0.6 is 0 Å². The number of halogens is 2. The van der Waals surface area contributed by atoms with Crippen molar-refractivity contribution in [1.29, 1.82) is 0 Å². The monoisotopic (exact) mass is 239 g/mol. The van der Waals surface area contributed by atoms with Crippen LogP contribution in [0, 0.1) is 0 Å². The highest BCUT2D eigenvalue weighted by molar-refractivity contribution is 5.94. The summed E-state index contributed by atoms with van der Waals surface area (Å²) in [5.74, 6) is -0.282. The summed E-state index contributed by atoms with van der Waals surface area (Å²) in [7, 11) is 0. The Balaban J connectivity index is 2.17. The predicted octanol–water partition coefficient (Wildman–Crippen LogP) is 2.95. The average Bonchev–Trinajstić information content (AvgIpc) is 2.39. The number of likely N-dealkylation sites (tertiary alicyclic amines) is 1. The van der Waals surface area contributed by atoms with Crippen LogP contribution in [0.1, 0.15) is 29.6 Å². The maximum absolute atomic E-state index is 12.9. The number of hydrogen-bond donors (Lipinski definition) is 0. The van der Waals surface area contributed by atoms with Crippen molar-refractivity contribution in [3.63, 3.8) is 0 Å². The van der Waals surface area contributed by atoms with Gasteiger partial charge in [0.25, 0.3) is 12.3 Å². The number of benzene rings is 1. The van der Waals surface area contributed by atoms with E-state index in [0.717, 1.165) is 12.8 Å². The molecule has 1 heterocycles. The molecule has 0 aromatic heterocycles. The molecule has 4 heteroatoms. The summed E-state index contributed by atoms with van der Waals surface area (Å²) >= 11 is 0. The lowest BCUT2D eigenvalue weighted by Gasteiger charge is -2.35. The number of nitrogens with zero attached hydrogens (tertiary/aromatic N) is 1. The van der Waals surface area contributed by atoms with E-state index in [9.17, 15) is 13.6 Å². The van der Waals surface area contributed by atoms with Crippen molar-refractivity contribution in [2.24, 2.45) is 0 Å². The topological polar surface area (TPSA) is 20.3 Å². The molecule has 2 rings (SSSR count). The number of piperidine rings is 1. The van der Waals surface area contributed by atoms with Gasteiger partial charge in [0.2, 0.25) is 0 Å². The Morgan fingerprint density at radius 2 is 1.94 bits per heavy atom. The standard InChI is InChI=1S/C13H15F2NO/c14-12(15)11-8-4-5-9-16(11)13(17)10-6-2-1-3-7-10/h1-3,6-7,11-12H,4-5,8-9H2. The molecule has 0 radical (unpaired) electrons. The van der Waals surface area contributed by atoms with Gasteiger partial charge < -0.3 is 4.90 Å². The van der Waals surface area contributed by atoms with E-state index in [1.807, 2.05) is 0 Å². The Kier molecular flexibility index (Phi) is 3.71. The molecule has 0 saturated carbocycles. The molecule has 1 aromatic carbocycles. The Morgan fingerprint density at radius 1 is 1.24 bits per heavy atom. The fourth-order valence-corrected chi connectivity index (χ4v) is 2.22. The highest BCUT2D eigenvalue weighted by Crippen LogP contribution is 2.24. The van der Waals surface area contributed by atoms with Gasteiger partial charge in [-0.1, -0.05) is 18.2 Å². The average molecular weight is 239 g/mol. The molecular formula is C13H15F2NO. The van der Waals surface area contributed by atoms with Crippen molar-refractivity contribution in [1.82, 2.24) is 4.90 Å². The molecule has 1 aromatic rings. The van der Waals surface area contributed by atoms with Gasteiger partial charge in [0, 0.05) is 12.1 Å². The minimum absolute atomic E-state index is 0.282. The molecule has 1 saturated heterocycles. The number of hydrogen-bond acceptors (Lipinski definition) is 1. The number of carbonyl (C=O) groups excluding carboxylic acids is 1. The maximum Gasteiger partial charge on any atom is 0.258 e. The summed E-state index contributed by atoms with van der Waals surface area (Å²) in [6.07, 6.45) is -0.478. The Bertz CT molecular complexity index is 380. The van der Waals surface area contributed by atoms with Gasteiger partial charge in [-0.3, -0.25) is 4.79 Å². The zero-order valence-corrected chi connectivity index (χ0v) is 9.48. The Labute approximate surface area is 99.2 Å². The van der Waals surface area contributed by atoms with Crippen LogP contribution in [-0.4, -0.2) is 29.8 Å². The summed E-state index contributed by atoms with van der Waals surface area (Å²) in [5.41, 5.74) is 0.486. The summed E-state index contributed by atoms with van der Waals surface area (Å²) < 4.78 is 25.7. The minimum Gasteiger partial charge on any atom is -0.330 e. The molecule has 1 aliphatic heterocycles. The van der Waals surface area contributed by atoms with Gasteiger partial charge in [-0.2, -0.15) is 0 Å². The van der Waals surface area contributed by atoms with E-state index in [-0.39, 0.29) is 5.91 Å². The third-order valence-electron chi connectivity index (χ3n) is 3.12. The lowest BCUT2D eigenvalue weighted by molar-refractivity contribution is 0.00684. The van der Waals surface area contributed by atoms with Gasteiger partial charge in [0.1, 0.15) is 0 Å². The highest BCUT2D eigenvalue weighted by atomic mass is 19.3. The predicted molar refractivity (Wildman–Crippen MR) is 61.1 cm³/mol. The molecule has 1 unspecified atom stereocenters. The molecule has 1 aliphatic rings. The zero-order chi connectivity index (χ0) is 12.3. The zero-order valence-electron chi connectivity index (χ0n) is 9.48. The summed E-state index contributed by atoms with van der Waals surface area (Å²) in [6, 6.07) is 7.70. The third-order valence-corrected chi connectivity index (χ3v) is 3.12.